The minimum absolute atomic E-state index is 0.167. The lowest BCUT2D eigenvalue weighted by molar-refractivity contribution is 0.102. The molecule has 0 atom stereocenters. The summed E-state index contributed by atoms with van der Waals surface area (Å²) >= 11 is 0. The van der Waals surface area contributed by atoms with E-state index in [2.05, 4.69) is 22.2 Å². The van der Waals surface area contributed by atoms with E-state index in [4.69, 9.17) is 4.74 Å². The largest absolute Gasteiger partial charge is 0.497 e. The van der Waals surface area contributed by atoms with Crippen LogP contribution in [-0.4, -0.2) is 38.6 Å². The number of aryl methyl sites for hydroxylation is 2. The SMILES string of the molecule is CCc1cccc(NC(=O)c2cnn3c(=O)c4c(n(C)c23)CCN(Cc2ccc(OC)cc2)C4)c1. The molecule has 180 valence electrons. The highest BCUT2D eigenvalue weighted by molar-refractivity contribution is 6.08. The molecule has 1 aliphatic rings. The number of benzene rings is 2. The Labute approximate surface area is 203 Å². The Hall–Kier alpha value is -3.91. The molecule has 0 radical (unpaired) electrons. The molecule has 0 unspecified atom stereocenters. The average Bonchev–Trinajstić information content (AvgIpc) is 3.34. The van der Waals surface area contributed by atoms with Crippen molar-refractivity contribution in [3.05, 3.63) is 93.0 Å². The summed E-state index contributed by atoms with van der Waals surface area (Å²) in [6.07, 6.45) is 3.09. The Morgan fingerprint density at radius 2 is 1.94 bits per heavy atom. The van der Waals surface area contributed by atoms with Gasteiger partial charge < -0.3 is 14.6 Å². The smallest absolute Gasteiger partial charge is 0.279 e. The normalized spacial score (nSPS) is 13.6. The summed E-state index contributed by atoms with van der Waals surface area (Å²) in [5.74, 6) is 0.547. The number of methoxy groups -OCH3 is 1. The predicted molar refractivity (Wildman–Crippen MR) is 135 cm³/mol. The standard InChI is InChI=1S/C27H29N5O3/c1-4-18-6-5-7-20(14-18)29-25(33)22-15-28-32-26(22)30(2)24-12-13-31(17-23(24)27(32)34)16-19-8-10-21(35-3)11-9-19/h5-11,14-15H,4,12-13,16-17H2,1-3H3,(H,29,33). The number of carbonyl (C=O) groups is 1. The molecule has 8 heteroatoms. The highest BCUT2D eigenvalue weighted by Crippen LogP contribution is 2.22. The van der Waals surface area contributed by atoms with E-state index < -0.39 is 0 Å². The van der Waals surface area contributed by atoms with Crippen LogP contribution in [0.1, 0.15) is 39.7 Å². The van der Waals surface area contributed by atoms with Gasteiger partial charge in [-0.3, -0.25) is 14.5 Å². The number of nitrogens with one attached hydrogen (secondary N) is 1. The fourth-order valence-electron chi connectivity index (χ4n) is 4.79. The van der Waals surface area contributed by atoms with Gasteiger partial charge in [-0.05, 0) is 41.8 Å². The van der Waals surface area contributed by atoms with Crippen LogP contribution in [0, 0.1) is 0 Å². The number of rotatable bonds is 6. The third-order valence-corrected chi connectivity index (χ3v) is 6.71. The molecule has 0 saturated carbocycles. The molecule has 0 spiro atoms. The summed E-state index contributed by atoms with van der Waals surface area (Å²) in [4.78, 5) is 28.8. The number of hydrogen-bond acceptors (Lipinski definition) is 5. The topological polar surface area (TPSA) is 80.9 Å². The minimum atomic E-state index is -0.278. The maximum atomic E-state index is 13.4. The molecule has 2 aromatic carbocycles. The average molecular weight is 472 g/mol. The zero-order chi connectivity index (χ0) is 24.5. The number of ether oxygens (including phenoxy) is 1. The number of carbonyl (C=O) groups excluding carboxylic acids is 1. The van der Waals surface area contributed by atoms with Crippen molar-refractivity contribution in [2.45, 2.75) is 32.9 Å². The van der Waals surface area contributed by atoms with Crippen LogP contribution >= 0.6 is 0 Å². The van der Waals surface area contributed by atoms with E-state index in [0.717, 1.165) is 59.8 Å². The zero-order valence-corrected chi connectivity index (χ0v) is 20.2. The number of anilines is 1. The van der Waals surface area contributed by atoms with Crippen LogP contribution in [0.25, 0.3) is 5.65 Å². The summed E-state index contributed by atoms with van der Waals surface area (Å²) in [7, 11) is 3.56. The Kier molecular flexibility index (Phi) is 6.13. The first-order valence-corrected chi connectivity index (χ1v) is 11.8. The van der Waals surface area contributed by atoms with Crippen molar-refractivity contribution in [1.29, 1.82) is 0 Å². The molecule has 3 heterocycles. The Bertz CT molecular complexity index is 1450. The van der Waals surface area contributed by atoms with Crippen LogP contribution in [-0.2, 0) is 33.0 Å². The molecular weight excluding hydrogens is 442 g/mol. The summed E-state index contributed by atoms with van der Waals surface area (Å²) in [6, 6.07) is 15.8. The Balaban J connectivity index is 1.43. The lowest BCUT2D eigenvalue weighted by Gasteiger charge is -2.30. The molecule has 2 aromatic heterocycles. The maximum Gasteiger partial charge on any atom is 0.279 e. The van der Waals surface area contributed by atoms with Crippen LogP contribution in [0.4, 0.5) is 5.69 Å². The van der Waals surface area contributed by atoms with E-state index in [1.165, 1.54) is 10.7 Å². The molecular formula is C27H29N5O3. The number of aromatic nitrogens is 3. The van der Waals surface area contributed by atoms with Crippen LogP contribution in [0.2, 0.25) is 0 Å². The summed E-state index contributed by atoms with van der Waals surface area (Å²) in [5, 5.41) is 7.26. The van der Waals surface area contributed by atoms with Gasteiger partial charge in [0.25, 0.3) is 11.5 Å². The number of amides is 1. The fourth-order valence-corrected chi connectivity index (χ4v) is 4.79. The van der Waals surface area contributed by atoms with Gasteiger partial charge in [-0.1, -0.05) is 31.2 Å². The van der Waals surface area contributed by atoms with E-state index in [1.807, 2.05) is 60.1 Å². The molecule has 5 rings (SSSR count). The second-order valence-electron chi connectivity index (χ2n) is 8.90. The van der Waals surface area contributed by atoms with Gasteiger partial charge in [-0.2, -0.15) is 9.61 Å². The first-order chi connectivity index (χ1) is 17.0. The Morgan fingerprint density at radius 3 is 2.69 bits per heavy atom. The molecule has 35 heavy (non-hydrogen) atoms. The van der Waals surface area contributed by atoms with E-state index in [-0.39, 0.29) is 11.5 Å². The quantitative estimate of drug-likeness (QED) is 0.466. The highest BCUT2D eigenvalue weighted by atomic mass is 16.5. The second-order valence-corrected chi connectivity index (χ2v) is 8.90. The molecule has 4 aromatic rings. The Morgan fingerprint density at radius 1 is 1.14 bits per heavy atom. The fraction of sp³-hybridized carbons (Fsp3) is 0.296. The third kappa shape index (κ3) is 4.33. The van der Waals surface area contributed by atoms with Crippen molar-refractivity contribution in [3.63, 3.8) is 0 Å². The van der Waals surface area contributed by atoms with Gasteiger partial charge in [-0.25, -0.2) is 0 Å². The molecule has 1 aliphatic heterocycles. The number of hydrogen-bond donors (Lipinski definition) is 1. The van der Waals surface area contributed by atoms with Crippen molar-refractivity contribution in [1.82, 2.24) is 19.1 Å². The molecule has 0 bridgehead atoms. The highest BCUT2D eigenvalue weighted by Gasteiger charge is 2.26. The van der Waals surface area contributed by atoms with Crippen LogP contribution < -0.4 is 15.6 Å². The van der Waals surface area contributed by atoms with Crippen LogP contribution in [0.15, 0.2) is 59.5 Å². The lowest BCUT2D eigenvalue weighted by Crippen LogP contribution is -2.38. The number of fused-ring (bicyclic) bond motifs is 2. The number of nitrogens with zero attached hydrogens (tertiary/aromatic N) is 4. The van der Waals surface area contributed by atoms with Gasteiger partial charge in [0.2, 0.25) is 0 Å². The van der Waals surface area contributed by atoms with Crippen molar-refractivity contribution in [2.24, 2.45) is 7.05 Å². The van der Waals surface area contributed by atoms with E-state index in [1.54, 1.807) is 7.11 Å². The third-order valence-electron chi connectivity index (χ3n) is 6.71. The van der Waals surface area contributed by atoms with Gasteiger partial charge >= 0.3 is 0 Å². The van der Waals surface area contributed by atoms with Crippen LogP contribution in [0.5, 0.6) is 5.75 Å². The van der Waals surface area contributed by atoms with Gasteiger partial charge in [0.15, 0.2) is 5.65 Å². The maximum absolute atomic E-state index is 13.4. The van der Waals surface area contributed by atoms with Gasteiger partial charge in [0.05, 0.1) is 18.9 Å². The minimum Gasteiger partial charge on any atom is -0.497 e. The zero-order valence-electron chi connectivity index (χ0n) is 20.2. The molecule has 8 nitrogen and oxygen atoms in total. The lowest BCUT2D eigenvalue weighted by atomic mass is 10.0. The van der Waals surface area contributed by atoms with Crippen molar-refractivity contribution in [3.8, 4) is 5.75 Å². The first-order valence-electron chi connectivity index (χ1n) is 11.8. The van der Waals surface area contributed by atoms with E-state index >= 15 is 0 Å². The van der Waals surface area contributed by atoms with Crippen molar-refractivity contribution >= 4 is 17.2 Å². The van der Waals surface area contributed by atoms with Gasteiger partial charge in [-0.15, -0.1) is 0 Å². The second kappa shape index (κ2) is 9.38. The molecule has 1 N–H and O–H groups in total. The van der Waals surface area contributed by atoms with E-state index in [0.29, 0.717) is 17.8 Å². The molecule has 0 fully saturated rings. The monoisotopic (exact) mass is 471 g/mol. The summed E-state index contributed by atoms with van der Waals surface area (Å²) in [5.41, 5.74) is 5.45. The van der Waals surface area contributed by atoms with Crippen LogP contribution in [0.3, 0.4) is 0 Å². The predicted octanol–water partition coefficient (Wildman–Crippen LogP) is 3.41. The molecule has 0 aliphatic carbocycles. The molecule has 0 saturated heterocycles. The van der Waals surface area contributed by atoms with Crippen molar-refractivity contribution < 1.29 is 9.53 Å². The van der Waals surface area contributed by atoms with Gasteiger partial charge in [0.1, 0.15) is 11.3 Å². The van der Waals surface area contributed by atoms with Crippen molar-refractivity contribution in [2.75, 3.05) is 19.0 Å². The van der Waals surface area contributed by atoms with Gasteiger partial charge in [0, 0.05) is 44.5 Å². The summed E-state index contributed by atoms with van der Waals surface area (Å²) < 4.78 is 8.55. The summed E-state index contributed by atoms with van der Waals surface area (Å²) in [6.45, 7) is 4.18. The molecule has 1 amide bonds. The van der Waals surface area contributed by atoms with E-state index in [9.17, 15) is 9.59 Å². The first kappa shape index (κ1) is 22.9.